The van der Waals surface area contributed by atoms with E-state index in [4.69, 9.17) is 11.6 Å². The number of nitrogens with one attached hydrogen (secondary N) is 2. The highest BCUT2D eigenvalue weighted by atomic mass is 35.5. The fourth-order valence-electron chi connectivity index (χ4n) is 4.09. The van der Waals surface area contributed by atoms with E-state index in [1.807, 2.05) is 42.5 Å². The van der Waals surface area contributed by atoms with Gasteiger partial charge >= 0.3 is 0 Å². The van der Waals surface area contributed by atoms with Gasteiger partial charge in [-0.1, -0.05) is 35.9 Å². The van der Waals surface area contributed by atoms with Crippen molar-refractivity contribution >= 4 is 28.3 Å². The number of aromatic nitrogens is 2. The Morgan fingerprint density at radius 1 is 1.00 bits per heavy atom. The molecule has 1 aliphatic heterocycles. The number of para-hydroxylation sites is 1. The first-order valence-corrected chi connectivity index (χ1v) is 10.4. The fourth-order valence-corrected chi connectivity index (χ4v) is 4.29. The highest BCUT2D eigenvalue weighted by Gasteiger charge is 2.29. The molecule has 1 saturated heterocycles. The van der Waals surface area contributed by atoms with E-state index in [9.17, 15) is 9.50 Å². The van der Waals surface area contributed by atoms with E-state index in [1.54, 1.807) is 0 Å². The average Bonchev–Trinajstić information content (AvgIpc) is 3.23. The quantitative estimate of drug-likeness (QED) is 0.423. The van der Waals surface area contributed by atoms with Gasteiger partial charge in [0.15, 0.2) is 5.82 Å². The molecule has 1 aliphatic rings. The number of phenols is 1. The van der Waals surface area contributed by atoms with E-state index in [-0.39, 0.29) is 29.1 Å². The van der Waals surface area contributed by atoms with Crippen LogP contribution in [0.25, 0.3) is 22.3 Å². The van der Waals surface area contributed by atoms with Gasteiger partial charge < -0.3 is 15.7 Å². The van der Waals surface area contributed by atoms with Crippen LogP contribution < -0.4 is 10.6 Å². The van der Waals surface area contributed by atoms with Gasteiger partial charge in [-0.2, -0.15) is 0 Å². The maximum Gasteiger partial charge on any atom is 0.165 e. The summed E-state index contributed by atoms with van der Waals surface area (Å²) >= 11 is 6.21. The number of nitrogens with zero attached hydrogens (tertiary/aromatic N) is 2. The zero-order chi connectivity index (χ0) is 21.4. The van der Waals surface area contributed by atoms with Crippen molar-refractivity contribution in [3.8, 4) is 17.1 Å². The molecule has 0 spiro atoms. The Kier molecular flexibility index (Phi) is 5.18. The summed E-state index contributed by atoms with van der Waals surface area (Å²) in [5, 5.41) is 18.8. The predicted molar refractivity (Wildman–Crippen MR) is 121 cm³/mol. The van der Waals surface area contributed by atoms with E-state index >= 15 is 0 Å². The number of anilines is 1. The van der Waals surface area contributed by atoms with Crippen molar-refractivity contribution in [2.75, 3.05) is 18.4 Å². The SMILES string of the molecule is Oc1ccc(F)cc1-c1nc(NC2CNCC2c2cccc(Cl)c2)c2ccccc2n1. The van der Waals surface area contributed by atoms with E-state index in [2.05, 4.69) is 26.7 Å². The molecule has 0 amide bonds. The summed E-state index contributed by atoms with van der Waals surface area (Å²) in [7, 11) is 0. The molecular formula is C24H20ClFN4O. The average molecular weight is 435 g/mol. The van der Waals surface area contributed by atoms with Crippen LogP contribution in [0.1, 0.15) is 11.5 Å². The number of hydrogen-bond donors (Lipinski definition) is 3. The Morgan fingerprint density at radius 3 is 2.74 bits per heavy atom. The molecule has 0 aliphatic carbocycles. The number of halogens is 2. The number of aromatic hydroxyl groups is 1. The first-order valence-electron chi connectivity index (χ1n) is 10.1. The van der Waals surface area contributed by atoms with E-state index < -0.39 is 5.82 Å². The smallest absolute Gasteiger partial charge is 0.165 e. The molecule has 3 N–H and O–H groups in total. The van der Waals surface area contributed by atoms with Crippen LogP contribution in [0.15, 0.2) is 66.7 Å². The van der Waals surface area contributed by atoms with Crippen LogP contribution in [0.2, 0.25) is 5.02 Å². The highest BCUT2D eigenvalue weighted by Crippen LogP contribution is 2.33. The minimum Gasteiger partial charge on any atom is -0.507 e. The van der Waals surface area contributed by atoms with Crippen molar-refractivity contribution < 1.29 is 9.50 Å². The standard InChI is InChI=1S/C24H20ClFN4O/c25-15-5-3-4-14(10-15)19-12-27-13-21(19)29-23-17-6-1-2-7-20(17)28-24(30-23)18-11-16(26)8-9-22(18)31/h1-11,19,21,27,31H,12-13H2,(H,28,29,30). The van der Waals surface area contributed by atoms with Gasteiger partial charge in [-0.3, -0.25) is 0 Å². The number of benzene rings is 3. The molecule has 7 heteroatoms. The molecule has 156 valence electrons. The van der Waals surface area contributed by atoms with E-state index in [0.717, 1.165) is 24.0 Å². The zero-order valence-electron chi connectivity index (χ0n) is 16.5. The second-order valence-corrected chi connectivity index (χ2v) is 8.08. The maximum atomic E-state index is 13.8. The Balaban J connectivity index is 1.57. The van der Waals surface area contributed by atoms with Crippen molar-refractivity contribution in [2.45, 2.75) is 12.0 Å². The number of hydrogen-bond acceptors (Lipinski definition) is 5. The van der Waals surface area contributed by atoms with Crippen LogP contribution in [0.4, 0.5) is 10.2 Å². The van der Waals surface area contributed by atoms with Crippen LogP contribution in [-0.2, 0) is 0 Å². The maximum absolute atomic E-state index is 13.8. The molecule has 2 atom stereocenters. The summed E-state index contributed by atoms with van der Waals surface area (Å²) < 4.78 is 13.8. The molecule has 1 aromatic heterocycles. The second kappa shape index (κ2) is 8.13. The fraction of sp³-hybridized carbons (Fsp3) is 0.167. The summed E-state index contributed by atoms with van der Waals surface area (Å²) in [4.78, 5) is 9.24. The Labute approximate surface area is 183 Å². The topological polar surface area (TPSA) is 70.1 Å². The lowest BCUT2D eigenvalue weighted by Gasteiger charge is -2.22. The summed E-state index contributed by atoms with van der Waals surface area (Å²) in [5.74, 6) is 0.592. The van der Waals surface area contributed by atoms with Gasteiger partial charge in [0, 0.05) is 35.5 Å². The van der Waals surface area contributed by atoms with Crippen molar-refractivity contribution in [3.05, 3.63) is 83.1 Å². The van der Waals surface area contributed by atoms with Crippen LogP contribution in [0, 0.1) is 5.82 Å². The molecule has 0 bridgehead atoms. The predicted octanol–water partition coefficient (Wildman–Crippen LogP) is 4.96. The van der Waals surface area contributed by atoms with Gasteiger partial charge in [0.1, 0.15) is 17.4 Å². The van der Waals surface area contributed by atoms with Gasteiger partial charge in [0.25, 0.3) is 0 Å². The Hall–Kier alpha value is -3.22. The van der Waals surface area contributed by atoms with Gasteiger partial charge in [-0.25, -0.2) is 14.4 Å². The van der Waals surface area contributed by atoms with Gasteiger partial charge in [-0.15, -0.1) is 0 Å². The highest BCUT2D eigenvalue weighted by molar-refractivity contribution is 6.30. The first kappa shape index (κ1) is 19.7. The monoisotopic (exact) mass is 434 g/mol. The summed E-state index contributed by atoms with van der Waals surface area (Å²) in [5.41, 5.74) is 2.12. The Bertz CT molecular complexity index is 1270. The van der Waals surface area contributed by atoms with Gasteiger partial charge in [-0.05, 0) is 48.0 Å². The molecule has 3 aromatic carbocycles. The number of rotatable bonds is 4. The lowest BCUT2D eigenvalue weighted by molar-refractivity contribution is 0.475. The van der Waals surface area contributed by atoms with E-state index in [0.29, 0.717) is 16.4 Å². The molecule has 2 unspecified atom stereocenters. The molecule has 0 radical (unpaired) electrons. The third-order valence-electron chi connectivity index (χ3n) is 5.62. The first-order chi connectivity index (χ1) is 15.1. The molecule has 5 rings (SSSR count). The van der Waals surface area contributed by atoms with Crippen LogP contribution in [0.5, 0.6) is 5.75 Å². The van der Waals surface area contributed by atoms with E-state index in [1.165, 1.54) is 18.2 Å². The molecule has 5 nitrogen and oxygen atoms in total. The van der Waals surface area contributed by atoms with Gasteiger partial charge in [0.05, 0.1) is 11.1 Å². The molecule has 0 saturated carbocycles. The third-order valence-corrected chi connectivity index (χ3v) is 5.85. The van der Waals surface area contributed by atoms with Crippen LogP contribution in [-0.4, -0.2) is 34.2 Å². The molecular weight excluding hydrogens is 415 g/mol. The lowest BCUT2D eigenvalue weighted by Crippen LogP contribution is -2.27. The number of phenolic OH excluding ortho intramolecular Hbond substituents is 1. The van der Waals surface area contributed by atoms with Crippen LogP contribution >= 0.6 is 11.6 Å². The lowest BCUT2D eigenvalue weighted by atomic mass is 9.94. The molecule has 31 heavy (non-hydrogen) atoms. The second-order valence-electron chi connectivity index (χ2n) is 7.65. The zero-order valence-corrected chi connectivity index (χ0v) is 17.3. The van der Waals surface area contributed by atoms with Crippen molar-refractivity contribution in [2.24, 2.45) is 0 Å². The van der Waals surface area contributed by atoms with Crippen molar-refractivity contribution in [1.82, 2.24) is 15.3 Å². The largest absolute Gasteiger partial charge is 0.507 e. The van der Waals surface area contributed by atoms with Crippen molar-refractivity contribution in [1.29, 1.82) is 0 Å². The summed E-state index contributed by atoms with van der Waals surface area (Å²) in [6, 6.07) is 19.4. The minimum absolute atomic E-state index is 0.0676. The molecule has 1 fully saturated rings. The van der Waals surface area contributed by atoms with Crippen LogP contribution in [0.3, 0.4) is 0 Å². The molecule has 2 heterocycles. The summed E-state index contributed by atoms with van der Waals surface area (Å²) in [6.07, 6.45) is 0. The normalized spacial score (nSPS) is 18.4. The Morgan fingerprint density at radius 2 is 1.87 bits per heavy atom. The third kappa shape index (κ3) is 3.92. The van der Waals surface area contributed by atoms with Crippen molar-refractivity contribution in [3.63, 3.8) is 0 Å². The molecule has 4 aromatic rings. The van der Waals surface area contributed by atoms with Gasteiger partial charge in [0.2, 0.25) is 0 Å². The number of fused-ring (bicyclic) bond motifs is 1. The minimum atomic E-state index is -0.458. The summed E-state index contributed by atoms with van der Waals surface area (Å²) in [6.45, 7) is 1.58.